The summed E-state index contributed by atoms with van der Waals surface area (Å²) in [4.78, 5) is 14.9. The third-order valence-corrected chi connectivity index (χ3v) is 4.66. The van der Waals surface area contributed by atoms with E-state index in [1.807, 2.05) is 50.2 Å². The smallest absolute Gasteiger partial charge is 0.271 e. The number of amides is 1. The average molecular weight is 320 g/mol. The Balaban J connectivity index is 2.00. The van der Waals surface area contributed by atoms with Crippen molar-refractivity contribution in [2.75, 3.05) is 4.90 Å². The van der Waals surface area contributed by atoms with E-state index in [-0.39, 0.29) is 5.91 Å². The molecule has 1 heterocycles. The molecule has 0 saturated carbocycles. The van der Waals surface area contributed by atoms with Gasteiger partial charge in [0.05, 0.1) is 23.9 Å². The highest BCUT2D eigenvalue weighted by Crippen LogP contribution is 2.41. The quantitative estimate of drug-likeness (QED) is 0.854. The second-order valence-corrected chi connectivity index (χ2v) is 5.97. The van der Waals surface area contributed by atoms with Crippen molar-refractivity contribution in [1.82, 2.24) is 0 Å². The number of anilines is 1. The van der Waals surface area contributed by atoms with Crippen LogP contribution in [-0.2, 0) is 11.3 Å². The molecule has 2 aromatic carbocycles. The number of carbonyl (C=O) groups excluding carboxylic acids is 1. The Morgan fingerprint density at radius 3 is 2.38 bits per heavy atom. The normalized spacial score (nSPS) is 15.4. The summed E-state index contributed by atoms with van der Waals surface area (Å²) in [6, 6.07) is 17.1. The highest BCUT2D eigenvalue weighted by Gasteiger charge is 2.45. The predicted molar refractivity (Wildman–Crippen MR) is 92.7 cm³/mol. The maximum Gasteiger partial charge on any atom is 0.271 e. The van der Waals surface area contributed by atoms with Gasteiger partial charge in [0, 0.05) is 0 Å². The van der Waals surface area contributed by atoms with Crippen molar-refractivity contribution >= 4 is 11.6 Å². The summed E-state index contributed by atoms with van der Waals surface area (Å²) < 4.78 is 6.10. The third-order valence-electron chi connectivity index (χ3n) is 4.66. The summed E-state index contributed by atoms with van der Waals surface area (Å²) in [6.07, 6.45) is 1.25. The van der Waals surface area contributed by atoms with Gasteiger partial charge >= 0.3 is 0 Å². The Bertz CT molecular complexity index is 786. The number of rotatable bonds is 4. The molecule has 4 heteroatoms. The van der Waals surface area contributed by atoms with Crippen LogP contribution in [0.2, 0.25) is 0 Å². The van der Waals surface area contributed by atoms with Gasteiger partial charge in [-0.2, -0.15) is 5.26 Å². The van der Waals surface area contributed by atoms with Gasteiger partial charge in [-0.25, -0.2) is 0 Å². The first-order valence-corrected chi connectivity index (χ1v) is 8.22. The molecule has 0 atom stereocenters. The molecule has 0 fully saturated rings. The number of nitriles is 1. The van der Waals surface area contributed by atoms with E-state index < -0.39 is 5.60 Å². The second kappa shape index (κ2) is 6.37. The number of carbonyl (C=O) groups is 1. The van der Waals surface area contributed by atoms with Gasteiger partial charge in [0.15, 0.2) is 5.60 Å². The summed E-state index contributed by atoms with van der Waals surface area (Å²) in [5.74, 6) is 0.741. The molecule has 1 aliphatic heterocycles. The summed E-state index contributed by atoms with van der Waals surface area (Å²) in [7, 11) is 0. The Labute approximate surface area is 142 Å². The number of para-hydroxylation sites is 2. The SMILES string of the molecule is CCC1(CC)Oc2ccccc2N(Cc2ccc(C#N)cc2)C1=O. The van der Waals surface area contributed by atoms with Crippen LogP contribution in [0.1, 0.15) is 37.8 Å². The number of hydrogen-bond acceptors (Lipinski definition) is 3. The van der Waals surface area contributed by atoms with Gasteiger partial charge in [-0.3, -0.25) is 4.79 Å². The summed E-state index contributed by atoms with van der Waals surface area (Å²) in [5, 5.41) is 8.92. The van der Waals surface area contributed by atoms with Gasteiger partial charge in [-0.1, -0.05) is 38.1 Å². The van der Waals surface area contributed by atoms with Crippen molar-refractivity contribution in [3.63, 3.8) is 0 Å². The molecule has 3 rings (SSSR count). The fourth-order valence-electron chi connectivity index (χ4n) is 3.10. The van der Waals surface area contributed by atoms with Crippen LogP contribution in [0.25, 0.3) is 0 Å². The lowest BCUT2D eigenvalue weighted by Crippen LogP contribution is -2.55. The second-order valence-electron chi connectivity index (χ2n) is 5.97. The minimum Gasteiger partial charge on any atom is -0.475 e. The van der Waals surface area contributed by atoms with E-state index >= 15 is 0 Å². The number of fused-ring (bicyclic) bond motifs is 1. The first kappa shape index (κ1) is 16.1. The van der Waals surface area contributed by atoms with Gasteiger partial charge in [0.1, 0.15) is 5.75 Å². The fraction of sp³-hybridized carbons (Fsp3) is 0.300. The molecule has 0 bridgehead atoms. The highest BCUT2D eigenvalue weighted by atomic mass is 16.5. The molecule has 1 aliphatic rings. The molecule has 0 aromatic heterocycles. The van der Waals surface area contributed by atoms with E-state index in [9.17, 15) is 4.79 Å². The van der Waals surface area contributed by atoms with Gasteiger partial charge in [0.2, 0.25) is 0 Å². The average Bonchev–Trinajstić information content (AvgIpc) is 2.64. The van der Waals surface area contributed by atoms with Gasteiger partial charge in [-0.05, 0) is 42.7 Å². The third kappa shape index (κ3) is 2.63. The van der Waals surface area contributed by atoms with Crippen LogP contribution in [0.15, 0.2) is 48.5 Å². The molecule has 0 radical (unpaired) electrons. The summed E-state index contributed by atoms with van der Waals surface area (Å²) >= 11 is 0. The maximum atomic E-state index is 13.1. The van der Waals surface area contributed by atoms with Crippen LogP contribution in [-0.4, -0.2) is 11.5 Å². The minimum atomic E-state index is -0.805. The topological polar surface area (TPSA) is 53.3 Å². The zero-order valence-corrected chi connectivity index (χ0v) is 14.0. The minimum absolute atomic E-state index is 0.00411. The van der Waals surface area contributed by atoms with Crippen molar-refractivity contribution in [3.05, 3.63) is 59.7 Å². The van der Waals surface area contributed by atoms with Crippen LogP contribution < -0.4 is 9.64 Å². The van der Waals surface area contributed by atoms with Crippen LogP contribution in [0.4, 0.5) is 5.69 Å². The number of hydrogen-bond donors (Lipinski definition) is 0. The monoisotopic (exact) mass is 320 g/mol. The Kier molecular flexibility index (Phi) is 4.26. The van der Waals surface area contributed by atoms with E-state index in [0.29, 0.717) is 24.9 Å². The molecule has 122 valence electrons. The van der Waals surface area contributed by atoms with E-state index in [1.165, 1.54) is 0 Å². The van der Waals surface area contributed by atoms with Crippen molar-refractivity contribution in [3.8, 4) is 11.8 Å². The lowest BCUT2D eigenvalue weighted by molar-refractivity contribution is -0.136. The molecular formula is C20H20N2O2. The number of ether oxygens (including phenoxy) is 1. The molecule has 24 heavy (non-hydrogen) atoms. The molecule has 0 N–H and O–H groups in total. The predicted octanol–water partition coefficient (Wildman–Crippen LogP) is 4.04. The molecule has 0 spiro atoms. The molecular weight excluding hydrogens is 300 g/mol. The summed E-state index contributed by atoms with van der Waals surface area (Å²) in [5.41, 5.74) is 1.59. The van der Waals surface area contributed by atoms with Crippen molar-refractivity contribution in [2.45, 2.75) is 38.8 Å². The lowest BCUT2D eigenvalue weighted by atomic mass is 9.92. The number of nitrogens with zero attached hydrogens (tertiary/aromatic N) is 2. The van der Waals surface area contributed by atoms with Gasteiger partial charge < -0.3 is 9.64 Å². The van der Waals surface area contributed by atoms with Crippen molar-refractivity contribution in [2.24, 2.45) is 0 Å². The fourth-order valence-corrected chi connectivity index (χ4v) is 3.10. The lowest BCUT2D eigenvalue weighted by Gasteiger charge is -2.42. The van der Waals surface area contributed by atoms with E-state index in [4.69, 9.17) is 10.00 Å². The first-order chi connectivity index (χ1) is 11.6. The largest absolute Gasteiger partial charge is 0.475 e. The Morgan fingerprint density at radius 2 is 1.75 bits per heavy atom. The zero-order valence-electron chi connectivity index (χ0n) is 14.0. The van der Waals surface area contributed by atoms with Crippen LogP contribution in [0.5, 0.6) is 5.75 Å². The van der Waals surface area contributed by atoms with Crippen LogP contribution >= 0.6 is 0 Å². The molecule has 4 nitrogen and oxygen atoms in total. The Hall–Kier alpha value is -2.80. The van der Waals surface area contributed by atoms with E-state index in [0.717, 1.165) is 17.0 Å². The molecule has 2 aromatic rings. The molecule has 0 unspecified atom stereocenters. The van der Waals surface area contributed by atoms with E-state index in [2.05, 4.69) is 6.07 Å². The summed E-state index contributed by atoms with van der Waals surface area (Å²) in [6.45, 7) is 4.43. The van der Waals surface area contributed by atoms with Crippen LogP contribution in [0, 0.1) is 11.3 Å². The van der Waals surface area contributed by atoms with Gasteiger partial charge in [0.25, 0.3) is 5.91 Å². The molecule has 0 saturated heterocycles. The molecule has 0 aliphatic carbocycles. The Morgan fingerprint density at radius 1 is 1.08 bits per heavy atom. The van der Waals surface area contributed by atoms with Crippen molar-refractivity contribution < 1.29 is 9.53 Å². The molecule has 1 amide bonds. The number of benzene rings is 2. The maximum absolute atomic E-state index is 13.1. The zero-order chi connectivity index (χ0) is 17.2. The highest BCUT2D eigenvalue weighted by molar-refractivity contribution is 6.02. The standard InChI is InChI=1S/C20H20N2O2/c1-3-20(4-2)19(23)22(17-7-5-6-8-18(17)24-20)14-16-11-9-15(13-21)10-12-16/h5-12H,3-4,14H2,1-2H3. The first-order valence-electron chi connectivity index (χ1n) is 8.22. The van der Waals surface area contributed by atoms with E-state index in [1.54, 1.807) is 17.0 Å². The van der Waals surface area contributed by atoms with Gasteiger partial charge in [-0.15, -0.1) is 0 Å². The van der Waals surface area contributed by atoms with Crippen LogP contribution in [0.3, 0.4) is 0 Å². The van der Waals surface area contributed by atoms with Crippen molar-refractivity contribution in [1.29, 1.82) is 5.26 Å².